The minimum atomic E-state index is -0.958. The van der Waals surface area contributed by atoms with Crippen LogP contribution in [0.3, 0.4) is 0 Å². The molecule has 0 aromatic rings. The molecule has 252 valence electrons. The highest BCUT2D eigenvalue weighted by molar-refractivity contribution is 5.85. The number of likely N-dealkylation sites (N-methyl/N-ethyl adjacent to an activating group) is 1. The Morgan fingerprint density at radius 1 is 0.818 bits per heavy atom. The fourth-order valence-corrected chi connectivity index (χ4v) is 7.55. The van der Waals surface area contributed by atoms with Crippen LogP contribution in [-0.4, -0.2) is 88.7 Å². The normalized spacial score (nSPS) is 27.7. The van der Waals surface area contributed by atoms with E-state index < -0.39 is 35.8 Å². The maximum absolute atomic E-state index is 13.8. The second kappa shape index (κ2) is 18.0. The van der Waals surface area contributed by atoms with E-state index in [2.05, 4.69) is 10.7 Å². The Morgan fingerprint density at radius 3 is 2.00 bits per heavy atom. The maximum atomic E-state index is 13.8. The highest BCUT2D eigenvalue weighted by atomic mass is 16.3. The molecule has 3 aliphatic carbocycles. The van der Waals surface area contributed by atoms with Crippen LogP contribution in [-0.2, 0) is 19.2 Å². The van der Waals surface area contributed by atoms with Gasteiger partial charge < -0.3 is 26.2 Å². The monoisotopic (exact) mass is 621 g/mol. The first-order valence-electron chi connectivity index (χ1n) is 17.3. The molecule has 0 bridgehead atoms. The summed E-state index contributed by atoms with van der Waals surface area (Å²) in [6.45, 7) is 5.46. The van der Waals surface area contributed by atoms with Crippen LogP contribution in [0, 0.1) is 29.6 Å². The van der Waals surface area contributed by atoms with Gasteiger partial charge in [-0.3, -0.25) is 24.6 Å². The van der Waals surface area contributed by atoms with E-state index >= 15 is 0 Å². The molecule has 6 N–H and O–H groups in total. The third-order valence-electron chi connectivity index (χ3n) is 10.1. The van der Waals surface area contributed by atoms with Crippen molar-refractivity contribution >= 4 is 23.6 Å². The summed E-state index contributed by atoms with van der Waals surface area (Å²) in [4.78, 5) is 54.3. The van der Waals surface area contributed by atoms with Gasteiger partial charge in [0.05, 0.1) is 18.2 Å². The first-order valence-corrected chi connectivity index (χ1v) is 17.3. The summed E-state index contributed by atoms with van der Waals surface area (Å²) >= 11 is 0. The average Bonchev–Trinajstić information content (AvgIpc) is 3.01. The summed E-state index contributed by atoms with van der Waals surface area (Å²) in [5, 5.41) is 26.1. The summed E-state index contributed by atoms with van der Waals surface area (Å²) in [6, 6.07) is -0.587. The standard InChI is InChI=1S/C33H59N5O6/c1-4-15-38(16-5-2)33(44)26-19-24(30(34)41)18-25(20-26)31(42)35-28(17-22-11-13-27(39)14-12-22)29(40)21-37(3)36-32(43)23-9-7-6-8-10-23/h22-29,39-40H,4-21H2,1-3H3,(H2,34,41)(H,35,42)(H,36,43). The number of nitrogens with two attached hydrogens (primary N) is 1. The van der Waals surface area contributed by atoms with Gasteiger partial charge in [0.15, 0.2) is 0 Å². The highest BCUT2D eigenvalue weighted by Crippen LogP contribution is 2.36. The number of nitrogens with one attached hydrogen (secondary N) is 2. The van der Waals surface area contributed by atoms with Crippen molar-refractivity contribution in [1.29, 1.82) is 0 Å². The Morgan fingerprint density at radius 2 is 1.41 bits per heavy atom. The Bertz CT molecular complexity index is 930. The second-order valence-corrected chi connectivity index (χ2v) is 13.8. The van der Waals surface area contributed by atoms with Crippen molar-refractivity contribution in [2.75, 3.05) is 26.7 Å². The molecule has 0 aliphatic heterocycles. The molecule has 3 rings (SSSR count). The summed E-state index contributed by atoms with van der Waals surface area (Å²) in [5.74, 6) is -2.21. The molecule has 0 spiro atoms. The molecule has 0 radical (unpaired) electrons. The van der Waals surface area contributed by atoms with Gasteiger partial charge >= 0.3 is 0 Å². The van der Waals surface area contributed by atoms with Gasteiger partial charge in [-0.2, -0.15) is 0 Å². The molecule has 5 atom stereocenters. The number of rotatable bonds is 15. The first kappa shape index (κ1) is 36.2. The lowest BCUT2D eigenvalue weighted by Crippen LogP contribution is -2.54. The van der Waals surface area contributed by atoms with Gasteiger partial charge in [0.2, 0.25) is 23.6 Å². The van der Waals surface area contributed by atoms with Gasteiger partial charge in [-0.25, -0.2) is 5.01 Å². The van der Waals surface area contributed by atoms with E-state index in [1.54, 1.807) is 12.1 Å². The topological polar surface area (TPSA) is 165 Å². The van der Waals surface area contributed by atoms with E-state index in [-0.39, 0.29) is 48.6 Å². The summed E-state index contributed by atoms with van der Waals surface area (Å²) in [5.41, 5.74) is 8.65. The van der Waals surface area contributed by atoms with Gasteiger partial charge in [-0.1, -0.05) is 33.1 Å². The van der Waals surface area contributed by atoms with Crippen molar-refractivity contribution in [3.8, 4) is 0 Å². The molecule has 0 saturated heterocycles. The molecule has 44 heavy (non-hydrogen) atoms. The van der Waals surface area contributed by atoms with E-state index in [1.165, 1.54) is 0 Å². The number of hydrogen-bond acceptors (Lipinski definition) is 7. The predicted octanol–water partition coefficient (Wildman–Crippen LogP) is 2.48. The molecule has 11 heteroatoms. The van der Waals surface area contributed by atoms with Crippen LogP contribution in [0.25, 0.3) is 0 Å². The van der Waals surface area contributed by atoms with Crippen LogP contribution in [0.2, 0.25) is 0 Å². The molecule has 3 aliphatic rings. The highest BCUT2D eigenvalue weighted by Gasteiger charge is 2.41. The van der Waals surface area contributed by atoms with Crippen LogP contribution in [0.1, 0.15) is 110 Å². The lowest BCUT2D eigenvalue weighted by atomic mass is 9.73. The predicted molar refractivity (Wildman–Crippen MR) is 169 cm³/mol. The van der Waals surface area contributed by atoms with E-state index in [4.69, 9.17) is 5.73 Å². The van der Waals surface area contributed by atoms with E-state index in [9.17, 15) is 29.4 Å². The fourth-order valence-electron chi connectivity index (χ4n) is 7.55. The van der Waals surface area contributed by atoms with Crippen molar-refractivity contribution in [2.45, 2.75) is 128 Å². The zero-order valence-corrected chi connectivity index (χ0v) is 27.3. The van der Waals surface area contributed by atoms with Crippen LogP contribution in [0.5, 0.6) is 0 Å². The maximum Gasteiger partial charge on any atom is 0.237 e. The second-order valence-electron chi connectivity index (χ2n) is 13.8. The van der Waals surface area contributed by atoms with Crippen molar-refractivity contribution in [1.82, 2.24) is 20.7 Å². The van der Waals surface area contributed by atoms with E-state index in [1.807, 2.05) is 18.7 Å². The van der Waals surface area contributed by atoms with Crippen molar-refractivity contribution in [2.24, 2.45) is 35.3 Å². The zero-order chi connectivity index (χ0) is 32.2. The number of carbonyl (C=O) groups excluding carboxylic acids is 4. The van der Waals surface area contributed by atoms with Crippen LogP contribution < -0.4 is 16.5 Å². The van der Waals surface area contributed by atoms with Gasteiger partial charge in [0.25, 0.3) is 0 Å². The summed E-state index contributed by atoms with van der Waals surface area (Å²) in [7, 11) is 1.73. The lowest BCUT2D eigenvalue weighted by Gasteiger charge is -2.37. The van der Waals surface area contributed by atoms with Gasteiger partial charge in [-0.05, 0) is 83.0 Å². The fraction of sp³-hybridized carbons (Fsp3) is 0.879. The van der Waals surface area contributed by atoms with Crippen molar-refractivity contribution in [3.05, 3.63) is 0 Å². The Hall–Kier alpha value is -2.24. The minimum absolute atomic E-state index is 0.0155. The number of amides is 4. The smallest absolute Gasteiger partial charge is 0.237 e. The van der Waals surface area contributed by atoms with Gasteiger partial charge in [0, 0.05) is 50.4 Å². The molecular formula is C33H59N5O6. The number of hydrazine groups is 1. The third kappa shape index (κ3) is 11.0. The minimum Gasteiger partial charge on any atom is -0.393 e. The Labute approximate surface area is 264 Å². The lowest BCUT2D eigenvalue weighted by molar-refractivity contribution is -0.141. The van der Waals surface area contributed by atoms with Gasteiger partial charge in [0.1, 0.15) is 0 Å². The summed E-state index contributed by atoms with van der Waals surface area (Å²) < 4.78 is 0. The number of nitrogens with zero attached hydrogens (tertiary/aromatic N) is 2. The average molecular weight is 622 g/mol. The van der Waals surface area contributed by atoms with Crippen LogP contribution >= 0.6 is 0 Å². The zero-order valence-electron chi connectivity index (χ0n) is 27.3. The quantitative estimate of drug-likeness (QED) is 0.175. The Kier molecular flexibility index (Phi) is 14.9. The molecule has 11 nitrogen and oxygen atoms in total. The van der Waals surface area contributed by atoms with E-state index in [0.29, 0.717) is 45.2 Å². The molecular weight excluding hydrogens is 562 g/mol. The van der Waals surface area contributed by atoms with Crippen molar-refractivity contribution < 1.29 is 29.4 Å². The molecule has 0 aromatic heterocycles. The van der Waals surface area contributed by atoms with Crippen molar-refractivity contribution in [3.63, 3.8) is 0 Å². The molecule has 4 amide bonds. The summed E-state index contributed by atoms with van der Waals surface area (Å²) in [6.07, 6.45) is 9.91. The molecule has 3 saturated carbocycles. The number of aliphatic hydroxyl groups is 2. The largest absolute Gasteiger partial charge is 0.393 e. The molecule has 3 fully saturated rings. The molecule has 0 heterocycles. The number of carbonyl (C=O) groups is 4. The molecule has 0 aromatic carbocycles. The first-order chi connectivity index (χ1) is 21.0. The third-order valence-corrected chi connectivity index (χ3v) is 10.1. The number of aliphatic hydroxyl groups excluding tert-OH is 2. The van der Waals surface area contributed by atoms with Gasteiger partial charge in [-0.15, -0.1) is 0 Å². The van der Waals surface area contributed by atoms with Crippen LogP contribution in [0.4, 0.5) is 0 Å². The van der Waals surface area contributed by atoms with Crippen LogP contribution in [0.15, 0.2) is 0 Å². The Balaban J connectivity index is 1.70. The molecule has 5 unspecified atom stereocenters. The van der Waals surface area contributed by atoms with E-state index in [0.717, 1.165) is 57.8 Å². The number of hydrogen-bond donors (Lipinski definition) is 5. The SMILES string of the molecule is CCCN(CCC)C(=O)C1CC(C(N)=O)CC(C(=O)NC(CC2CCC(O)CC2)C(O)CN(C)NC(=O)C2CCCCC2)C1. The number of primary amides is 1.